The second-order valence-electron chi connectivity index (χ2n) is 16.9. The summed E-state index contributed by atoms with van der Waals surface area (Å²) >= 11 is 5.71. The zero-order chi connectivity index (χ0) is 41.0. The van der Waals surface area contributed by atoms with Crippen LogP contribution >= 0.6 is 34.0 Å². The monoisotopic (exact) mass is 906 g/mol. The van der Waals surface area contributed by atoms with Crippen molar-refractivity contribution in [1.82, 2.24) is 0 Å². The van der Waals surface area contributed by atoms with Crippen LogP contribution in [-0.4, -0.2) is 14.5 Å². The zero-order valence-corrected chi connectivity index (χ0v) is 38.5. The Kier molecular flexibility index (Phi) is 8.75. The van der Waals surface area contributed by atoms with Gasteiger partial charge in [-0.05, 0) is 0 Å². The van der Waals surface area contributed by atoms with Gasteiger partial charge in [-0.2, -0.15) is 0 Å². The molecule has 0 saturated heterocycles. The van der Waals surface area contributed by atoms with E-state index in [4.69, 9.17) is 0 Å². The molecule has 1 aliphatic heterocycles. The van der Waals surface area contributed by atoms with Crippen molar-refractivity contribution in [2.45, 2.75) is 44.9 Å². The first-order valence-corrected chi connectivity index (χ1v) is 25.4. The fourth-order valence-corrected chi connectivity index (χ4v) is 15.4. The van der Waals surface area contributed by atoms with Gasteiger partial charge in [0, 0.05) is 0 Å². The van der Waals surface area contributed by atoms with E-state index in [1.54, 1.807) is 11.3 Å². The Hall–Kier alpha value is -5.46. The number of rotatable bonds is 7. The quantitative estimate of drug-likeness (QED) is 0.147. The molecule has 0 radical (unpaired) electrons. The molecule has 6 aromatic carbocycles. The van der Waals surface area contributed by atoms with E-state index in [0.29, 0.717) is 11.8 Å². The van der Waals surface area contributed by atoms with Crippen molar-refractivity contribution in [3.05, 3.63) is 201 Å². The predicted octanol–water partition coefficient (Wildman–Crippen LogP) is 16.8. The van der Waals surface area contributed by atoms with Crippen LogP contribution in [0.1, 0.15) is 72.9 Å². The van der Waals surface area contributed by atoms with Crippen molar-refractivity contribution < 1.29 is 0 Å². The Balaban J connectivity index is 1.17. The molecule has 4 aromatic heterocycles. The van der Waals surface area contributed by atoms with Gasteiger partial charge in [-0.25, -0.2) is 0 Å². The average Bonchev–Trinajstić information content (AvgIpc) is 4.14. The zero-order valence-electron chi connectivity index (χ0n) is 34.3. The minimum atomic E-state index is -0.413. The number of fused-ring (bicyclic) bond motifs is 13. The van der Waals surface area contributed by atoms with Crippen molar-refractivity contribution in [2.75, 3.05) is 9.80 Å². The summed E-state index contributed by atoms with van der Waals surface area (Å²) in [6.45, 7) is 9.08. The SMILES string of the molecule is CC(C)c1ccc(N(c2ccc(C(C)C)cc2)c2cc(-c3cccs3)cc(N3c4ccccc4C4(c5ccsc5-c5sccc54)c4ccc5c([se]c6ccccc65)c43)c2)cc1. The number of anilines is 6. The van der Waals surface area contributed by atoms with Crippen molar-refractivity contribution in [3.8, 4) is 20.2 Å². The standard InChI is InChI=1S/C55H42N2S3Se/c1-33(2)35-15-19-38(20-16-35)56(39-21-17-36(18-22-39)34(3)4)40-30-37(49-13-9-27-58-49)31-41(32-40)57-48-12-7-6-11-44(48)55(46-25-28-59-52(46)53-47(55)26-29-60-53)45-24-23-43-42-10-5-8-14-50(42)61-54(43)51(45)57/h5-34H,1-4H3. The van der Waals surface area contributed by atoms with Crippen LogP contribution in [0.2, 0.25) is 0 Å². The Morgan fingerprint density at radius 3 is 1.84 bits per heavy atom. The van der Waals surface area contributed by atoms with Gasteiger partial charge in [0.1, 0.15) is 0 Å². The van der Waals surface area contributed by atoms with E-state index in [1.807, 2.05) is 22.7 Å². The molecule has 1 aliphatic carbocycles. The van der Waals surface area contributed by atoms with Crippen molar-refractivity contribution >= 4 is 102 Å². The molecule has 5 heterocycles. The van der Waals surface area contributed by atoms with E-state index in [1.165, 1.54) is 89.9 Å². The van der Waals surface area contributed by atoms with Gasteiger partial charge in [0.15, 0.2) is 0 Å². The maximum absolute atomic E-state index is 2.65. The number of benzene rings is 6. The van der Waals surface area contributed by atoms with E-state index in [0.717, 1.165) is 17.1 Å². The molecule has 6 heteroatoms. The number of para-hydroxylation sites is 1. The van der Waals surface area contributed by atoms with Gasteiger partial charge in [0.25, 0.3) is 0 Å². The van der Waals surface area contributed by atoms with Gasteiger partial charge in [0.2, 0.25) is 0 Å². The first-order chi connectivity index (χ1) is 29.9. The van der Waals surface area contributed by atoms with Gasteiger partial charge in [-0.3, -0.25) is 0 Å². The Morgan fingerprint density at radius 2 is 1.18 bits per heavy atom. The number of hydrogen-bond acceptors (Lipinski definition) is 5. The molecular weight excluding hydrogens is 864 g/mol. The molecule has 296 valence electrons. The molecule has 0 unspecified atom stereocenters. The summed E-state index contributed by atoms with van der Waals surface area (Å²) in [7, 11) is 0. The van der Waals surface area contributed by atoms with E-state index in [9.17, 15) is 0 Å². The fraction of sp³-hybridized carbons (Fsp3) is 0.127. The summed E-state index contributed by atoms with van der Waals surface area (Å²) in [6, 6.07) is 58.4. The Bertz CT molecular complexity index is 3180. The first-order valence-electron chi connectivity index (χ1n) is 21.1. The summed E-state index contributed by atoms with van der Waals surface area (Å²) in [4.78, 5) is 9.21. The third-order valence-electron chi connectivity index (χ3n) is 12.9. The van der Waals surface area contributed by atoms with E-state index in [2.05, 4.69) is 205 Å². The maximum atomic E-state index is 2.65. The molecule has 0 bridgehead atoms. The third kappa shape index (κ3) is 5.56. The number of nitrogens with zero attached hydrogens (tertiary/aromatic N) is 2. The number of hydrogen-bond donors (Lipinski definition) is 0. The summed E-state index contributed by atoms with van der Waals surface area (Å²) in [6.07, 6.45) is 0. The summed E-state index contributed by atoms with van der Waals surface area (Å²) < 4.78 is 2.92. The first kappa shape index (κ1) is 37.3. The van der Waals surface area contributed by atoms with Crippen LogP contribution in [0.5, 0.6) is 0 Å². The van der Waals surface area contributed by atoms with Crippen molar-refractivity contribution in [1.29, 1.82) is 0 Å². The van der Waals surface area contributed by atoms with Crippen molar-refractivity contribution in [2.24, 2.45) is 0 Å². The molecule has 2 aliphatic rings. The van der Waals surface area contributed by atoms with Crippen LogP contribution in [0.15, 0.2) is 168 Å². The molecule has 61 heavy (non-hydrogen) atoms. The molecular formula is C55H42N2S3Se. The minimum absolute atomic E-state index is 0.118. The summed E-state index contributed by atoms with van der Waals surface area (Å²) in [5.41, 5.74) is 16.2. The van der Waals surface area contributed by atoms with Gasteiger partial charge >= 0.3 is 350 Å². The van der Waals surface area contributed by atoms with Crippen LogP contribution in [0.3, 0.4) is 0 Å². The van der Waals surface area contributed by atoms with Crippen LogP contribution in [-0.2, 0) is 5.41 Å². The summed E-state index contributed by atoms with van der Waals surface area (Å²) in [5.74, 6) is 0.905. The van der Waals surface area contributed by atoms with Gasteiger partial charge in [-0.15, -0.1) is 0 Å². The second kappa shape index (κ2) is 14.3. The molecule has 0 amide bonds. The molecule has 1 spiro atoms. The van der Waals surface area contributed by atoms with E-state index >= 15 is 0 Å². The Morgan fingerprint density at radius 1 is 0.525 bits per heavy atom. The van der Waals surface area contributed by atoms with Gasteiger partial charge in [-0.1, -0.05) is 27.7 Å². The van der Waals surface area contributed by atoms with Gasteiger partial charge in [0.05, 0.1) is 0 Å². The molecule has 2 nitrogen and oxygen atoms in total. The topological polar surface area (TPSA) is 6.48 Å². The average molecular weight is 906 g/mol. The normalized spacial score (nSPS) is 13.6. The van der Waals surface area contributed by atoms with Crippen LogP contribution in [0, 0.1) is 0 Å². The van der Waals surface area contributed by atoms with Gasteiger partial charge < -0.3 is 0 Å². The molecule has 12 rings (SSSR count). The molecule has 0 N–H and O–H groups in total. The molecule has 0 saturated carbocycles. The van der Waals surface area contributed by atoms with E-state index < -0.39 is 5.41 Å². The molecule has 0 fully saturated rings. The molecule has 0 atom stereocenters. The molecule has 10 aromatic rings. The Labute approximate surface area is 375 Å². The van der Waals surface area contributed by atoms with Crippen LogP contribution in [0.25, 0.3) is 39.5 Å². The van der Waals surface area contributed by atoms with Crippen molar-refractivity contribution in [3.63, 3.8) is 0 Å². The third-order valence-corrected chi connectivity index (χ3v) is 18.3. The number of thiophene rings is 3. The summed E-state index contributed by atoms with van der Waals surface area (Å²) in [5, 5.41) is 9.57. The fourth-order valence-electron chi connectivity index (χ4n) is 10.0. The van der Waals surface area contributed by atoms with Crippen LogP contribution < -0.4 is 9.80 Å². The second-order valence-corrected chi connectivity index (χ2v) is 21.9. The van der Waals surface area contributed by atoms with Crippen LogP contribution in [0.4, 0.5) is 34.1 Å². The van der Waals surface area contributed by atoms with E-state index in [-0.39, 0.29) is 14.5 Å². The predicted molar refractivity (Wildman–Crippen MR) is 266 cm³/mol.